The lowest BCUT2D eigenvalue weighted by atomic mass is 10.0. The van der Waals surface area contributed by atoms with Crippen molar-refractivity contribution in [3.63, 3.8) is 0 Å². The predicted molar refractivity (Wildman–Crippen MR) is 103 cm³/mol. The molecule has 2 rings (SSSR count). The van der Waals surface area contributed by atoms with Gasteiger partial charge in [-0.15, -0.1) is 0 Å². The van der Waals surface area contributed by atoms with Crippen molar-refractivity contribution < 1.29 is 4.79 Å². The number of aromatic nitrogens is 2. The van der Waals surface area contributed by atoms with Crippen molar-refractivity contribution in [1.29, 1.82) is 0 Å². The molecule has 1 aromatic heterocycles. The van der Waals surface area contributed by atoms with E-state index in [1.54, 1.807) is 0 Å². The van der Waals surface area contributed by atoms with E-state index in [1.807, 2.05) is 30.3 Å². The quantitative estimate of drug-likeness (QED) is 0.396. The molecule has 0 bridgehead atoms. The van der Waals surface area contributed by atoms with Crippen LogP contribution in [0.4, 0.5) is 0 Å². The molecule has 4 heteroatoms. The molecule has 2 aromatic rings. The first kappa shape index (κ1) is 19.2. The topological polar surface area (TPSA) is 65.7 Å². The van der Waals surface area contributed by atoms with Crippen molar-refractivity contribution in [3.05, 3.63) is 46.2 Å². The standard InChI is InChI=1S/C21H30N2O2/c1-2-3-4-5-6-7-8-9-13-16-18(24)19-20(22-23-21(19)25)17-14-11-10-12-15-17/h10-12,14-15H,2-9,13,16H2,1H3,(H2,22,23,25). The zero-order chi connectivity index (χ0) is 17.9. The van der Waals surface area contributed by atoms with Gasteiger partial charge in [-0.1, -0.05) is 88.6 Å². The molecule has 25 heavy (non-hydrogen) atoms. The SMILES string of the molecule is CCCCCCCCCCCC(=O)c1c(-c2ccccc2)[nH][nH]c1=O. The van der Waals surface area contributed by atoms with Crippen LogP contribution >= 0.6 is 0 Å². The summed E-state index contributed by atoms with van der Waals surface area (Å²) >= 11 is 0. The Morgan fingerprint density at radius 2 is 1.44 bits per heavy atom. The number of hydrogen-bond donors (Lipinski definition) is 2. The van der Waals surface area contributed by atoms with Crippen molar-refractivity contribution in [1.82, 2.24) is 10.2 Å². The van der Waals surface area contributed by atoms with E-state index in [1.165, 1.54) is 44.9 Å². The van der Waals surface area contributed by atoms with Gasteiger partial charge in [-0.3, -0.25) is 19.8 Å². The maximum Gasteiger partial charge on any atom is 0.275 e. The summed E-state index contributed by atoms with van der Waals surface area (Å²) in [5, 5.41) is 5.40. The monoisotopic (exact) mass is 342 g/mol. The number of Topliss-reactive ketones (excluding diaryl/α,β-unsaturated/α-hetero) is 1. The number of hydrogen-bond acceptors (Lipinski definition) is 2. The zero-order valence-corrected chi connectivity index (χ0v) is 15.3. The van der Waals surface area contributed by atoms with Crippen molar-refractivity contribution >= 4 is 5.78 Å². The molecule has 0 radical (unpaired) electrons. The normalized spacial score (nSPS) is 10.9. The van der Waals surface area contributed by atoms with Gasteiger partial charge >= 0.3 is 0 Å². The summed E-state index contributed by atoms with van der Waals surface area (Å²) < 4.78 is 0. The van der Waals surface area contributed by atoms with Gasteiger partial charge in [0.25, 0.3) is 5.56 Å². The average molecular weight is 342 g/mol. The molecule has 0 fully saturated rings. The number of unbranched alkanes of at least 4 members (excludes halogenated alkanes) is 8. The van der Waals surface area contributed by atoms with Gasteiger partial charge in [-0.2, -0.15) is 0 Å². The van der Waals surface area contributed by atoms with Gasteiger partial charge in [0.1, 0.15) is 5.56 Å². The van der Waals surface area contributed by atoms with Gasteiger partial charge in [0.15, 0.2) is 5.78 Å². The van der Waals surface area contributed by atoms with E-state index in [9.17, 15) is 9.59 Å². The van der Waals surface area contributed by atoms with E-state index in [0.717, 1.165) is 18.4 Å². The summed E-state index contributed by atoms with van der Waals surface area (Å²) in [5.41, 5.74) is 1.41. The maximum atomic E-state index is 12.5. The maximum absolute atomic E-state index is 12.5. The molecule has 0 saturated heterocycles. The molecule has 4 nitrogen and oxygen atoms in total. The van der Waals surface area contributed by atoms with Crippen LogP contribution in [0.3, 0.4) is 0 Å². The van der Waals surface area contributed by atoms with Gasteiger partial charge < -0.3 is 0 Å². The van der Waals surface area contributed by atoms with Crippen molar-refractivity contribution in [3.8, 4) is 11.3 Å². The highest BCUT2D eigenvalue weighted by atomic mass is 16.1. The molecule has 0 unspecified atom stereocenters. The van der Waals surface area contributed by atoms with Gasteiger partial charge in [-0.25, -0.2) is 0 Å². The minimum atomic E-state index is -0.320. The van der Waals surface area contributed by atoms with E-state index in [-0.39, 0.29) is 16.9 Å². The Labute approximate surface area is 150 Å². The number of ketones is 1. The lowest BCUT2D eigenvalue weighted by Gasteiger charge is -2.03. The van der Waals surface area contributed by atoms with E-state index < -0.39 is 0 Å². The Morgan fingerprint density at radius 3 is 2.08 bits per heavy atom. The van der Waals surface area contributed by atoms with Crippen LogP contribution in [-0.2, 0) is 0 Å². The fourth-order valence-electron chi connectivity index (χ4n) is 3.17. The Kier molecular flexibility index (Phi) is 8.23. The smallest absolute Gasteiger partial charge is 0.275 e. The summed E-state index contributed by atoms with van der Waals surface area (Å²) in [6.45, 7) is 2.23. The molecule has 0 saturated carbocycles. The lowest BCUT2D eigenvalue weighted by molar-refractivity contribution is 0.0979. The van der Waals surface area contributed by atoms with E-state index in [2.05, 4.69) is 17.1 Å². The minimum absolute atomic E-state index is 0.0655. The largest absolute Gasteiger partial charge is 0.297 e. The van der Waals surface area contributed by atoms with Crippen LogP contribution in [-0.4, -0.2) is 16.0 Å². The van der Waals surface area contributed by atoms with E-state index >= 15 is 0 Å². The van der Waals surface area contributed by atoms with Crippen LogP contribution in [0.25, 0.3) is 11.3 Å². The van der Waals surface area contributed by atoms with Crippen LogP contribution in [0.5, 0.6) is 0 Å². The number of nitrogens with one attached hydrogen (secondary N) is 2. The van der Waals surface area contributed by atoms with Crippen molar-refractivity contribution in [2.24, 2.45) is 0 Å². The lowest BCUT2D eigenvalue weighted by Crippen LogP contribution is -2.13. The Morgan fingerprint density at radius 1 is 0.840 bits per heavy atom. The average Bonchev–Trinajstić information content (AvgIpc) is 3.02. The number of carbonyl (C=O) groups is 1. The second kappa shape index (κ2) is 10.7. The number of rotatable bonds is 12. The third kappa shape index (κ3) is 6.04. The summed E-state index contributed by atoms with van der Waals surface area (Å²) in [7, 11) is 0. The predicted octanol–water partition coefficient (Wildman–Crippen LogP) is 5.47. The molecule has 0 aliphatic carbocycles. The number of H-pyrrole nitrogens is 2. The van der Waals surface area contributed by atoms with Crippen molar-refractivity contribution in [2.45, 2.75) is 71.1 Å². The highest BCUT2D eigenvalue weighted by molar-refractivity contribution is 6.01. The minimum Gasteiger partial charge on any atom is -0.297 e. The Bertz CT molecular complexity index is 685. The third-order valence-corrected chi connectivity index (χ3v) is 4.63. The first-order chi connectivity index (χ1) is 12.2. The number of aromatic amines is 2. The first-order valence-electron chi connectivity index (χ1n) is 9.63. The fraction of sp³-hybridized carbons (Fsp3) is 0.524. The highest BCUT2D eigenvalue weighted by Crippen LogP contribution is 2.20. The number of carbonyl (C=O) groups excluding carboxylic acids is 1. The Hall–Kier alpha value is -2.10. The number of benzene rings is 1. The van der Waals surface area contributed by atoms with Crippen LogP contribution in [0.1, 0.15) is 81.5 Å². The summed E-state index contributed by atoms with van der Waals surface area (Å²) in [6, 6.07) is 9.51. The van der Waals surface area contributed by atoms with Crippen LogP contribution in [0.2, 0.25) is 0 Å². The second-order valence-corrected chi connectivity index (χ2v) is 6.70. The van der Waals surface area contributed by atoms with E-state index in [0.29, 0.717) is 12.1 Å². The van der Waals surface area contributed by atoms with Gasteiger partial charge in [0, 0.05) is 12.0 Å². The molecule has 0 atom stereocenters. The van der Waals surface area contributed by atoms with Gasteiger partial charge in [0.2, 0.25) is 0 Å². The van der Waals surface area contributed by atoms with Crippen LogP contribution < -0.4 is 5.56 Å². The first-order valence-corrected chi connectivity index (χ1v) is 9.63. The van der Waals surface area contributed by atoms with Crippen LogP contribution in [0.15, 0.2) is 35.1 Å². The fourth-order valence-corrected chi connectivity index (χ4v) is 3.17. The molecule has 0 aliphatic heterocycles. The highest BCUT2D eigenvalue weighted by Gasteiger charge is 2.18. The van der Waals surface area contributed by atoms with E-state index in [4.69, 9.17) is 0 Å². The van der Waals surface area contributed by atoms with Gasteiger partial charge in [0.05, 0.1) is 5.69 Å². The molecule has 1 aromatic carbocycles. The molecule has 0 spiro atoms. The zero-order valence-electron chi connectivity index (χ0n) is 15.3. The summed E-state index contributed by atoms with van der Waals surface area (Å²) in [6.07, 6.45) is 11.4. The second-order valence-electron chi connectivity index (χ2n) is 6.70. The molecule has 1 heterocycles. The van der Waals surface area contributed by atoms with Gasteiger partial charge in [-0.05, 0) is 6.42 Å². The summed E-state index contributed by atoms with van der Waals surface area (Å²) in [5.74, 6) is -0.0655. The molecule has 0 amide bonds. The molecular formula is C21H30N2O2. The van der Waals surface area contributed by atoms with Crippen LogP contribution in [0, 0.1) is 0 Å². The van der Waals surface area contributed by atoms with Crippen molar-refractivity contribution in [2.75, 3.05) is 0 Å². The molecule has 2 N–H and O–H groups in total. The molecule has 0 aliphatic rings. The molecule has 136 valence electrons. The summed E-state index contributed by atoms with van der Waals surface area (Å²) in [4.78, 5) is 24.5. The third-order valence-electron chi connectivity index (χ3n) is 4.63. The molecular weight excluding hydrogens is 312 g/mol. The Balaban J connectivity index is 1.77.